The summed E-state index contributed by atoms with van der Waals surface area (Å²) in [7, 11) is 0. The predicted molar refractivity (Wildman–Crippen MR) is 69.4 cm³/mol. The first-order valence-electron chi connectivity index (χ1n) is 6.87. The number of carbonyl (C=O) groups excluding carboxylic acids is 1. The van der Waals surface area contributed by atoms with Gasteiger partial charge in [0.2, 0.25) is 5.91 Å². The number of hydrogen-bond acceptors (Lipinski definition) is 2. The SMILES string of the molecule is CCC1(CNC(=O)C2C=CC(N)C2)CCCC1. The van der Waals surface area contributed by atoms with Crippen molar-refractivity contribution in [3.8, 4) is 0 Å². The molecule has 17 heavy (non-hydrogen) atoms. The Kier molecular flexibility index (Phi) is 3.87. The Morgan fingerprint density at radius 3 is 2.65 bits per heavy atom. The van der Waals surface area contributed by atoms with Gasteiger partial charge in [-0.3, -0.25) is 4.79 Å². The van der Waals surface area contributed by atoms with Gasteiger partial charge >= 0.3 is 0 Å². The summed E-state index contributed by atoms with van der Waals surface area (Å²) in [4.78, 5) is 12.0. The molecule has 0 saturated heterocycles. The molecule has 0 aromatic rings. The van der Waals surface area contributed by atoms with Crippen LogP contribution < -0.4 is 11.1 Å². The molecular formula is C14H24N2O. The van der Waals surface area contributed by atoms with Crippen LogP contribution in [0.5, 0.6) is 0 Å². The van der Waals surface area contributed by atoms with Crippen LogP contribution >= 0.6 is 0 Å². The van der Waals surface area contributed by atoms with E-state index in [9.17, 15) is 4.79 Å². The van der Waals surface area contributed by atoms with Crippen LogP contribution in [0.3, 0.4) is 0 Å². The molecule has 0 aliphatic heterocycles. The van der Waals surface area contributed by atoms with Gasteiger partial charge in [-0.1, -0.05) is 31.9 Å². The Labute approximate surface area is 104 Å². The van der Waals surface area contributed by atoms with Crippen LogP contribution in [-0.4, -0.2) is 18.5 Å². The Balaban J connectivity index is 1.81. The topological polar surface area (TPSA) is 55.1 Å². The van der Waals surface area contributed by atoms with Crippen molar-refractivity contribution in [2.75, 3.05) is 6.54 Å². The van der Waals surface area contributed by atoms with Gasteiger partial charge in [0.15, 0.2) is 0 Å². The number of hydrogen-bond donors (Lipinski definition) is 2. The summed E-state index contributed by atoms with van der Waals surface area (Å²) in [5.41, 5.74) is 6.14. The minimum Gasteiger partial charge on any atom is -0.355 e. The molecule has 1 amide bonds. The quantitative estimate of drug-likeness (QED) is 0.733. The first kappa shape index (κ1) is 12.6. The standard InChI is InChI=1S/C14H24N2O/c1-2-14(7-3-4-8-14)10-16-13(17)11-5-6-12(15)9-11/h5-6,11-12H,2-4,7-10,15H2,1H3,(H,16,17). The summed E-state index contributed by atoms with van der Waals surface area (Å²) >= 11 is 0. The van der Waals surface area contributed by atoms with Gasteiger partial charge in [0.05, 0.1) is 5.92 Å². The molecule has 0 aromatic carbocycles. The summed E-state index contributed by atoms with van der Waals surface area (Å²) in [6, 6.07) is 0.0670. The fourth-order valence-corrected chi connectivity index (χ4v) is 3.11. The normalized spacial score (nSPS) is 30.7. The molecule has 96 valence electrons. The smallest absolute Gasteiger partial charge is 0.227 e. The summed E-state index contributed by atoms with van der Waals surface area (Å²) < 4.78 is 0. The van der Waals surface area contributed by atoms with Crippen molar-refractivity contribution >= 4 is 5.91 Å². The summed E-state index contributed by atoms with van der Waals surface area (Å²) in [5, 5.41) is 3.13. The molecule has 2 rings (SSSR count). The third-order valence-corrected chi connectivity index (χ3v) is 4.51. The van der Waals surface area contributed by atoms with Crippen LogP contribution in [0.1, 0.15) is 45.4 Å². The zero-order chi connectivity index (χ0) is 12.3. The van der Waals surface area contributed by atoms with E-state index in [0.717, 1.165) is 13.0 Å². The lowest BCUT2D eigenvalue weighted by atomic mass is 9.83. The van der Waals surface area contributed by atoms with Crippen molar-refractivity contribution in [1.82, 2.24) is 5.32 Å². The largest absolute Gasteiger partial charge is 0.355 e. The molecule has 0 bridgehead atoms. The van der Waals surface area contributed by atoms with E-state index in [-0.39, 0.29) is 17.9 Å². The maximum absolute atomic E-state index is 12.0. The number of rotatable bonds is 4. The van der Waals surface area contributed by atoms with Crippen molar-refractivity contribution in [2.45, 2.75) is 51.5 Å². The lowest BCUT2D eigenvalue weighted by Crippen LogP contribution is -2.38. The Morgan fingerprint density at radius 1 is 1.41 bits per heavy atom. The lowest BCUT2D eigenvalue weighted by Gasteiger charge is -2.28. The molecule has 0 radical (unpaired) electrons. The van der Waals surface area contributed by atoms with Gasteiger partial charge in [-0.25, -0.2) is 0 Å². The average Bonchev–Trinajstić information content (AvgIpc) is 2.95. The lowest BCUT2D eigenvalue weighted by molar-refractivity contribution is -0.124. The molecule has 0 heterocycles. The predicted octanol–water partition coefficient (Wildman–Crippen LogP) is 1.98. The van der Waals surface area contributed by atoms with E-state index >= 15 is 0 Å². The Hall–Kier alpha value is -0.830. The maximum Gasteiger partial charge on any atom is 0.227 e. The second kappa shape index (κ2) is 5.21. The highest BCUT2D eigenvalue weighted by Gasteiger charge is 2.33. The van der Waals surface area contributed by atoms with E-state index in [1.165, 1.54) is 32.1 Å². The van der Waals surface area contributed by atoms with Gasteiger partial charge in [0, 0.05) is 12.6 Å². The number of nitrogens with two attached hydrogens (primary N) is 1. The average molecular weight is 236 g/mol. The molecule has 2 aliphatic rings. The van der Waals surface area contributed by atoms with Crippen molar-refractivity contribution in [1.29, 1.82) is 0 Å². The zero-order valence-electron chi connectivity index (χ0n) is 10.7. The van der Waals surface area contributed by atoms with Crippen LogP contribution in [0.25, 0.3) is 0 Å². The van der Waals surface area contributed by atoms with Crippen LogP contribution in [0.4, 0.5) is 0 Å². The molecule has 2 unspecified atom stereocenters. The maximum atomic E-state index is 12.0. The van der Waals surface area contributed by atoms with Crippen LogP contribution in [-0.2, 0) is 4.79 Å². The van der Waals surface area contributed by atoms with Gasteiger partial charge in [-0.15, -0.1) is 0 Å². The molecule has 3 heteroatoms. The highest BCUT2D eigenvalue weighted by molar-refractivity contribution is 5.81. The second-order valence-corrected chi connectivity index (χ2v) is 5.67. The number of nitrogens with one attached hydrogen (secondary N) is 1. The number of carbonyl (C=O) groups is 1. The minimum atomic E-state index is 0.000286. The summed E-state index contributed by atoms with van der Waals surface area (Å²) in [6.45, 7) is 3.09. The molecule has 2 aliphatic carbocycles. The van der Waals surface area contributed by atoms with E-state index < -0.39 is 0 Å². The minimum absolute atomic E-state index is 0.000286. The second-order valence-electron chi connectivity index (χ2n) is 5.67. The van der Waals surface area contributed by atoms with Crippen molar-refractivity contribution in [3.63, 3.8) is 0 Å². The molecule has 2 atom stereocenters. The monoisotopic (exact) mass is 236 g/mol. The molecular weight excluding hydrogens is 212 g/mol. The fourth-order valence-electron chi connectivity index (χ4n) is 3.11. The molecule has 0 aromatic heterocycles. The van der Waals surface area contributed by atoms with Gasteiger partial charge < -0.3 is 11.1 Å². The van der Waals surface area contributed by atoms with Crippen LogP contribution in [0, 0.1) is 11.3 Å². The van der Waals surface area contributed by atoms with Crippen molar-refractivity contribution in [2.24, 2.45) is 17.1 Å². The molecule has 3 nitrogen and oxygen atoms in total. The van der Waals surface area contributed by atoms with E-state index in [4.69, 9.17) is 5.73 Å². The van der Waals surface area contributed by atoms with E-state index in [2.05, 4.69) is 12.2 Å². The third-order valence-electron chi connectivity index (χ3n) is 4.51. The highest BCUT2D eigenvalue weighted by Crippen LogP contribution is 2.40. The zero-order valence-corrected chi connectivity index (χ0v) is 10.7. The molecule has 1 fully saturated rings. The van der Waals surface area contributed by atoms with E-state index in [0.29, 0.717) is 5.41 Å². The van der Waals surface area contributed by atoms with Crippen LogP contribution in [0.15, 0.2) is 12.2 Å². The Morgan fingerprint density at radius 2 is 2.12 bits per heavy atom. The van der Waals surface area contributed by atoms with Crippen molar-refractivity contribution < 1.29 is 4.79 Å². The third kappa shape index (κ3) is 2.89. The van der Waals surface area contributed by atoms with Gasteiger partial charge in [0.1, 0.15) is 0 Å². The van der Waals surface area contributed by atoms with E-state index in [1.54, 1.807) is 0 Å². The van der Waals surface area contributed by atoms with Gasteiger partial charge in [0.25, 0.3) is 0 Å². The molecule has 0 spiro atoms. The summed E-state index contributed by atoms with van der Waals surface area (Å²) in [6.07, 6.45) is 11.0. The Bertz CT molecular complexity index is 305. The van der Waals surface area contributed by atoms with E-state index in [1.807, 2.05) is 12.2 Å². The van der Waals surface area contributed by atoms with Crippen LogP contribution in [0.2, 0.25) is 0 Å². The molecule has 1 saturated carbocycles. The van der Waals surface area contributed by atoms with Crippen molar-refractivity contribution in [3.05, 3.63) is 12.2 Å². The highest BCUT2D eigenvalue weighted by atomic mass is 16.1. The first-order valence-corrected chi connectivity index (χ1v) is 6.87. The summed E-state index contributed by atoms with van der Waals surface area (Å²) in [5.74, 6) is 0.161. The van der Waals surface area contributed by atoms with Gasteiger partial charge in [-0.05, 0) is 31.1 Å². The molecule has 3 N–H and O–H groups in total. The number of amides is 1. The van der Waals surface area contributed by atoms with Gasteiger partial charge in [-0.2, -0.15) is 0 Å². The first-order chi connectivity index (χ1) is 8.15. The fraction of sp³-hybridized carbons (Fsp3) is 0.786.